The molecule has 0 N–H and O–H groups in total. The van der Waals surface area contributed by atoms with Crippen LogP contribution in [0.4, 0.5) is 0 Å². The van der Waals surface area contributed by atoms with Crippen molar-refractivity contribution in [2.45, 2.75) is 13.3 Å². The first kappa shape index (κ1) is 12.1. The van der Waals surface area contributed by atoms with Crippen molar-refractivity contribution < 1.29 is 4.79 Å². The fraction of sp³-hybridized carbons (Fsp3) is 0.273. The van der Waals surface area contributed by atoms with E-state index in [1.165, 1.54) is 11.8 Å². The Balaban J connectivity index is 2.45. The zero-order chi connectivity index (χ0) is 11.1. The summed E-state index contributed by atoms with van der Waals surface area (Å²) < 4.78 is 0. The molecule has 0 fully saturated rings. The topological polar surface area (TPSA) is 30.0 Å². The first-order chi connectivity index (χ1) is 7.20. The van der Waals surface area contributed by atoms with E-state index in [1.807, 2.05) is 0 Å². The normalized spacial score (nSPS) is 9.20. The maximum absolute atomic E-state index is 10.6. The molecule has 0 aliphatic rings. The number of carbonyl (C=O) groups excluding carboxylic acids is 1. The number of rotatable bonds is 2. The Hall–Kier alpha value is -0.980. The molecule has 1 rings (SSSR count). The monoisotopic (exact) mass is 239 g/mol. The quantitative estimate of drug-likeness (QED) is 0.587. The van der Waals surface area contributed by atoms with Gasteiger partial charge >= 0.3 is 0 Å². The van der Waals surface area contributed by atoms with E-state index < -0.39 is 0 Å². The molecule has 0 bridgehead atoms. The smallest absolute Gasteiger partial charge is 0.185 e. The van der Waals surface area contributed by atoms with Crippen LogP contribution in [-0.4, -0.2) is 15.9 Å². The Labute approximate surface area is 98.4 Å². The van der Waals surface area contributed by atoms with Crippen molar-refractivity contribution in [2.75, 3.05) is 5.75 Å². The second-order valence-electron chi connectivity index (χ2n) is 2.73. The van der Waals surface area contributed by atoms with E-state index in [0.717, 1.165) is 0 Å². The van der Waals surface area contributed by atoms with E-state index in [4.69, 9.17) is 11.6 Å². The molecule has 0 saturated carbocycles. The van der Waals surface area contributed by atoms with Gasteiger partial charge in [-0.05, 0) is 18.1 Å². The zero-order valence-corrected chi connectivity index (χ0v) is 9.86. The van der Waals surface area contributed by atoms with Gasteiger partial charge in [0.25, 0.3) is 0 Å². The number of hydrogen-bond donors (Lipinski definition) is 0. The van der Waals surface area contributed by atoms with Crippen LogP contribution in [0.1, 0.15) is 19.0 Å². The van der Waals surface area contributed by atoms with Crippen LogP contribution in [0.2, 0.25) is 5.02 Å². The zero-order valence-electron chi connectivity index (χ0n) is 8.29. The fourth-order valence-electron chi connectivity index (χ4n) is 0.870. The number of carbonyl (C=O) groups is 1. The van der Waals surface area contributed by atoms with E-state index in [2.05, 4.69) is 16.8 Å². The van der Waals surface area contributed by atoms with Crippen LogP contribution in [0.15, 0.2) is 18.3 Å². The van der Waals surface area contributed by atoms with Crippen molar-refractivity contribution in [2.24, 2.45) is 0 Å². The third kappa shape index (κ3) is 4.87. The summed E-state index contributed by atoms with van der Waals surface area (Å²) in [6.07, 6.45) is 2.32. The van der Waals surface area contributed by atoms with Gasteiger partial charge in [-0.25, -0.2) is 4.98 Å². The van der Waals surface area contributed by atoms with E-state index in [-0.39, 0.29) is 5.12 Å². The summed E-state index contributed by atoms with van der Waals surface area (Å²) in [6, 6.07) is 3.52. The number of nitrogens with zero attached hydrogens (tertiary/aromatic N) is 1. The minimum atomic E-state index is 0.118. The average Bonchev–Trinajstić information content (AvgIpc) is 2.20. The lowest BCUT2D eigenvalue weighted by Gasteiger charge is -1.92. The molecule has 0 aliphatic carbocycles. The van der Waals surface area contributed by atoms with Gasteiger partial charge in [-0.1, -0.05) is 29.3 Å². The van der Waals surface area contributed by atoms with Gasteiger partial charge in [0.1, 0.15) is 5.69 Å². The SMILES string of the molecule is CC(=O)SCCC#Cc1ncccc1Cl. The van der Waals surface area contributed by atoms with Crippen LogP contribution in [0.5, 0.6) is 0 Å². The average molecular weight is 240 g/mol. The van der Waals surface area contributed by atoms with Gasteiger partial charge in [-0.15, -0.1) is 0 Å². The highest BCUT2D eigenvalue weighted by molar-refractivity contribution is 8.13. The van der Waals surface area contributed by atoms with Gasteiger partial charge in [-0.2, -0.15) is 0 Å². The Morgan fingerprint density at radius 2 is 2.47 bits per heavy atom. The van der Waals surface area contributed by atoms with Crippen LogP contribution in [0, 0.1) is 11.8 Å². The summed E-state index contributed by atoms with van der Waals surface area (Å²) in [6.45, 7) is 1.55. The summed E-state index contributed by atoms with van der Waals surface area (Å²) >= 11 is 7.14. The molecule has 2 nitrogen and oxygen atoms in total. The highest BCUT2D eigenvalue weighted by atomic mass is 35.5. The minimum Gasteiger partial charge on any atom is -0.288 e. The predicted octanol–water partition coefficient (Wildman–Crippen LogP) is 2.76. The number of halogens is 1. The third-order valence-corrected chi connectivity index (χ3v) is 2.62. The second kappa shape index (κ2) is 6.49. The highest BCUT2D eigenvalue weighted by Gasteiger charge is 1.94. The molecule has 0 spiro atoms. The molecule has 15 heavy (non-hydrogen) atoms. The maximum atomic E-state index is 10.6. The molecule has 0 amide bonds. The molecule has 0 unspecified atom stereocenters. The van der Waals surface area contributed by atoms with Crippen LogP contribution < -0.4 is 0 Å². The summed E-state index contributed by atoms with van der Waals surface area (Å²) in [5.41, 5.74) is 0.590. The van der Waals surface area contributed by atoms with Crippen LogP contribution >= 0.6 is 23.4 Å². The molecule has 0 atom stereocenters. The van der Waals surface area contributed by atoms with E-state index >= 15 is 0 Å². The fourth-order valence-corrected chi connectivity index (χ4v) is 1.53. The Morgan fingerprint density at radius 3 is 3.13 bits per heavy atom. The van der Waals surface area contributed by atoms with Crippen molar-refractivity contribution in [1.29, 1.82) is 0 Å². The molecule has 1 aromatic rings. The molecular formula is C11H10ClNOS. The predicted molar refractivity (Wildman–Crippen MR) is 63.9 cm³/mol. The molecule has 78 valence electrons. The van der Waals surface area contributed by atoms with E-state index in [1.54, 1.807) is 25.3 Å². The highest BCUT2D eigenvalue weighted by Crippen LogP contribution is 2.10. The second-order valence-corrected chi connectivity index (χ2v) is 4.40. The molecule has 1 heterocycles. The largest absolute Gasteiger partial charge is 0.288 e. The van der Waals surface area contributed by atoms with Crippen LogP contribution in [0.25, 0.3) is 0 Å². The lowest BCUT2D eigenvalue weighted by molar-refractivity contribution is -0.109. The van der Waals surface area contributed by atoms with E-state index in [0.29, 0.717) is 22.9 Å². The third-order valence-electron chi connectivity index (χ3n) is 1.50. The van der Waals surface area contributed by atoms with Gasteiger partial charge < -0.3 is 0 Å². The van der Waals surface area contributed by atoms with Gasteiger partial charge in [0.15, 0.2) is 5.12 Å². The van der Waals surface area contributed by atoms with Crippen LogP contribution in [0.3, 0.4) is 0 Å². The van der Waals surface area contributed by atoms with Gasteiger partial charge in [-0.3, -0.25) is 4.79 Å². The number of aromatic nitrogens is 1. The van der Waals surface area contributed by atoms with Gasteiger partial charge in [0.2, 0.25) is 0 Å². The molecule has 4 heteroatoms. The Kier molecular flexibility index (Phi) is 5.23. The summed E-state index contributed by atoms with van der Waals surface area (Å²) in [4.78, 5) is 14.6. The summed E-state index contributed by atoms with van der Waals surface area (Å²) in [5, 5.41) is 0.678. The van der Waals surface area contributed by atoms with Crippen molar-refractivity contribution >= 4 is 28.5 Å². The molecule has 0 aromatic carbocycles. The van der Waals surface area contributed by atoms with Gasteiger partial charge in [0, 0.05) is 25.3 Å². The van der Waals surface area contributed by atoms with E-state index in [9.17, 15) is 4.79 Å². The number of hydrogen-bond acceptors (Lipinski definition) is 3. The first-order valence-corrected chi connectivity index (χ1v) is 5.79. The van der Waals surface area contributed by atoms with Crippen molar-refractivity contribution in [3.05, 3.63) is 29.0 Å². The van der Waals surface area contributed by atoms with Crippen LogP contribution in [-0.2, 0) is 4.79 Å². The number of pyridine rings is 1. The molecule has 1 aromatic heterocycles. The number of thioether (sulfide) groups is 1. The maximum Gasteiger partial charge on any atom is 0.185 e. The van der Waals surface area contributed by atoms with Crippen molar-refractivity contribution in [3.8, 4) is 11.8 Å². The minimum absolute atomic E-state index is 0.118. The summed E-state index contributed by atoms with van der Waals surface area (Å²) in [7, 11) is 0. The lowest BCUT2D eigenvalue weighted by atomic mass is 10.3. The Morgan fingerprint density at radius 1 is 1.67 bits per heavy atom. The molecule has 0 saturated heterocycles. The Bertz CT molecular complexity index is 409. The summed E-state index contributed by atoms with van der Waals surface area (Å²) in [5.74, 6) is 6.51. The lowest BCUT2D eigenvalue weighted by Crippen LogP contribution is -1.85. The van der Waals surface area contributed by atoms with Crippen molar-refractivity contribution in [3.63, 3.8) is 0 Å². The van der Waals surface area contributed by atoms with Gasteiger partial charge in [0.05, 0.1) is 5.02 Å². The first-order valence-electron chi connectivity index (χ1n) is 4.43. The van der Waals surface area contributed by atoms with Crippen molar-refractivity contribution in [1.82, 2.24) is 4.98 Å². The molecular weight excluding hydrogens is 230 g/mol. The molecule has 0 aliphatic heterocycles. The standard InChI is InChI=1S/C11H10ClNOS/c1-9(14)15-8-3-2-6-11-10(12)5-4-7-13-11/h4-5,7H,3,8H2,1H3. The molecule has 0 radical (unpaired) electrons.